The van der Waals surface area contributed by atoms with E-state index in [0.717, 1.165) is 35.6 Å². The smallest absolute Gasteiger partial charge is 0.416 e. The topological polar surface area (TPSA) is 21.3 Å². The predicted octanol–water partition coefficient (Wildman–Crippen LogP) is 4.51. The van der Waals surface area contributed by atoms with Crippen molar-refractivity contribution in [1.82, 2.24) is 0 Å². The van der Waals surface area contributed by atoms with Gasteiger partial charge in [0, 0.05) is 0 Å². The maximum Gasteiger partial charge on any atom is 0.416 e. The van der Waals surface area contributed by atoms with Crippen molar-refractivity contribution in [3.8, 4) is 5.75 Å². The third kappa shape index (κ3) is 3.35. The van der Waals surface area contributed by atoms with Crippen molar-refractivity contribution in [2.45, 2.75) is 25.1 Å². The lowest BCUT2D eigenvalue weighted by atomic mass is 10.0. The minimum absolute atomic E-state index is 0.164. The van der Waals surface area contributed by atoms with Crippen LogP contribution in [-0.2, 0) is 12.6 Å². The summed E-state index contributed by atoms with van der Waals surface area (Å²) in [4.78, 5) is 0. The zero-order valence-corrected chi connectivity index (χ0v) is 11.9. The molecule has 0 bridgehead atoms. The Morgan fingerprint density at radius 3 is 2.50 bits per heavy atom. The first-order valence-electron chi connectivity index (χ1n) is 7.17. The summed E-state index contributed by atoms with van der Waals surface area (Å²) in [6.45, 7) is 0.567. The molecule has 2 aromatic carbocycles. The second-order valence-electron chi connectivity index (χ2n) is 5.38. The molecule has 0 aromatic heterocycles. The molecule has 1 N–H and O–H groups in total. The summed E-state index contributed by atoms with van der Waals surface area (Å²) in [6.07, 6.45) is -2.76. The number of para-hydroxylation sites is 2. The van der Waals surface area contributed by atoms with Gasteiger partial charge >= 0.3 is 6.18 Å². The molecule has 3 rings (SSSR count). The third-order valence-electron chi connectivity index (χ3n) is 3.75. The first-order chi connectivity index (χ1) is 10.5. The van der Waals surface area contributed by atoms with Crippen molar-refractivity contribution >= 4 is 5.69 Å². The molecular formula is C17H16F3NO. The molecule has 1 heterocycles. The summed E-state index contributed by atoms with van der Waals surface area (Å²) >= 11 is 0. The standard InChI is InChI=1S/C17H16F3NO/c18-17(19,20)13-8-5-12(6-9-13)7-10-14-11-22-16-4-2-1-3-15(16)21-14/h1-6,8-9,14,21H,7,10-11H2. The SMILES string of the molecule is FC(F)(F)c1ccc(CCC2COc3ccccc3N2)cc1. The van der Waals surface area contributed by atoms with Crippen molar-refractivity contribution in [2.24, 2.45) is 0 Å². The fraction of sp³-hybridized carbons (Fsp3) is 0.294. The van der Waals surface area contributed by atoms with Crippen molar-refractivity contribution in [1.29, 1.82) is 0 Å². The van der Waals surface area contributed by atoms with Gasteiger partial charge in [-0.25, -0.2) is 0 Å². The van der Waals surface area contributed by atoms with Crippen LogP contribution in [0.4, 0.5) is 18.9 Å². The van der Waals surface area contributed by atoms with Gasteiger partial charge in [-0.1, -0.05) is 24.3 Å². The molecule has 0 saturated carbocycles. The Labute approximate surface area is 126 Å². The Bertz CT molecular complexity index is 637. The number of hydrogen-bond donors (Lipinski definition) is 1. The first-order valence-corrected chi connectivity index (χ1v) is 7.17. The second-order valence-corrected chi connectivity index (χ2v) is 5.38. The van der Waals surface area contributed by atoms with Crippen LogP contribution >= 0.6 is 0 Å². The normalized spacial score (nSPS) is 17.3. The Morgan fingerprint density at radius 2 is 1.77 bits per heavy atom. The zero-order valence-electron chi connectivity index (χ0n) is 11.9. The van der Waals surface area contributed by atoms with E-state index in [2.05, 4.69) is 5.32 Å². The van der Waals surface area contributed by atoms with Crippen molar-refractivity contribution in [2.75, 3.05) is 11.9 Å². The molecule has 1 aliphatic rings. The summed E-state index contributed by atoms with van der Waals surface area (Å²) in [5, 5.41) is 3.40. The quantitative estimate of drug-likeness (QED) is 0.900. The summed E-state index contributed by atoms with van der Waals surface area (Å²) < 4.78 is 43.2. The number of aryl methyl sites for hydroxylation is 1. The van der Waals surface area contributed by atoms with Crippen LogP contribution in [0.2, 0.25) is 0 Å². The molecule has 2 aromatic rings. The number of fused-ring (bicyclic) bond motifs is 1. The van der Waals surface area contributed by atoms with Gasteiger partial charge in [-0.05, 0) is 42.7 Å². The number of benzene rings is 2. The number of hydrogen-bond acceptors (Lipinski definition) is 2. The van der Waals surface area contributed by atoms with E-state index in [1.54, 1.807) is 12.1 Å². The van der Waals surface area contributed by atoms with Gasteiger partial charge in [-0.15, -0.1) is 0 Å². The van der Waals surface area contributed by atoms with Crippen molar-refractivity contribution < 1.29 is 17.9 Å². The van der Waals surface area contributed by atoms with Crippen LogP contribution in [0.5, 0.6) is 5.75 Å². The fourth-order valence-electron chi connectivity index (χ4n) is 2.52. The maximum absolute atomic E-state index is 12.5. The zero-order chi connectivity index (χ0) is 15.6. The van der Waals surface area contributed by atoms with Crippen LogP contribution in [0, 0.1) is 0 Å². The molecular weight excluding hydrogens is 291 g/mol. The van der Waals surface area contributed by atoms with Gasteiger partial charge in [0.05, 0.1) is 17.3 Å². The molecule has 2 nitrogen and oxygen atoms in total. The van der Waals surface area contributed by atoms with Crippen LogP contribution in [0.25, 0.3) is 0 Å². The van der Waals surface area contributed by atoms with Gasteiger partial charge in [0.25, 0.3) is 0 Å². The fourth-order valence-corrected chi connectivity index (χ4v) is 2.52. The molecule has 5 heteroatoms. The highest BCUT2D eigenvalue weighted by Crippen LogP contribution is 2.30. The number of ether oxygens (including phenoxy) is 1. The number of alkyl halides is 3. The summed E-state index contributed by atoms with van der Waals surface area (Å²) in [5.74, 6) is 0.841. The molecule has 1 unspecified atom stereocenters. The van der Waals surface area contributed by atoms with E-state index in [9.17, 15) is 13.2 Å². The Hall–Kier alpha value is -2.17. The van der Waals surface area contributed by atoms with E-state index < -0.39 is 11.7 Å². The third-order valence-corrected chi connectivity index (χ3v) is 3.75. The number of nitrogens with one attached hydrogen (secondary N) is 1. The number of anilines is 1. The lowest BCUT2D eigenvalue weighted by Crippen LogP contribution is -2.31. The molecule has 0 aliphatic carbocycles. The van der Waals surface area contributed by atoms with E-state index in [-0.39, 0.29) is 6.04 Å². The van der Waals surface area contributed by atoms with Crippen LogP contribution in [-0.4, -0.2) is 12.6 Å². The molecule has 22 heavy (non-hydrogen) atoms. The van der Waals surface area contributed by atoms with Gasteiger partial charge in [0.15, 0.2) is 0 Å². The number of rotatable bonds is 3. The van der Waals surface area contributed by atoms with Crippen LogP contribution in [0.3, 0.4) is 0 Å². The molecule has 0 saturated heterocycles. The van der Waals surface area contributed by atoms with Crippen LogP contribution < -0.4 is 10.1 Å². The first kappa shape index (κ1) is 14.8. The average molecular weight is 307 g/mol. The van der Waals surface area contributed by atoms with Gasteiger partial charge in [-0.3, -0.25) is 0 Å². The highest BCUT2D eigenvalue weighted by molar-refractivity contribution is 5.58. The lowest BCUT2D eigenvalue weighted by Gasteiger charge is -2.27. The second kappa shape index (κ2) is 5.91. The average Bonchev–Trinajstić information content (AvgIpc) is 2.52. The van der Waals surface area contributed by atoms with Crippen LogP contribution in [0.1, 0.15) is 17.5 Å². The molecule has 0 radical (unpaired) electrons. The Balaban J connectivity index is 1.57. The summed E-state index contributed by atoms with van der Waals surface area (Å²) in [7, 11) is 0. The van der Waals surface area contributed by atoms with E-state index in [0.29, 0.717) is 13.0 Å². The van der Waals surface area contributed by atoms with Gasteiger partial charge in [0.1, 0.15) is 12.4 Å². The largest absolute Gasteiger partial charge is 0.489 e. The van der Waals surface area contributed by atoms with Gasteiger partial charge in [-0.2, -0.15) is 13.2 Å². The number of halogens is 3. The minimum atomic E-state index is -4.28. The molecule has 116 valence electrons. The maximum atomic E-state index is 12.5. The molecule has 0 spiro atoms. The minimum Gasteiger partial charge on any atom is -0.489 e. The highest BCUT2D eigenvalue weighted by atomic mass is 19.4. The monoisotopic (exact) mass is 307 g/mol. The summed E-state index contributed by atoms with van der Waals surface area (Å²) in [6, 6.07) is 13.2. The molecule has 1 aliphatic heterocycles. The molecule has 1 atom stereocenters. The van der Waals surface area contributed by atoms with Crippen molar-refractivity contribution in [3.05, 3.63) is 59.7 Å². The lowest BCUT2D eigenvalue weighted by molar-refractivity contribution is -0.137. The highest BCUT2D eigenvalue weighted by Gasteiger charge is 2.29. The van der Waals surface area contributed by atoms with Gasteiger partial charge < -0.3 is 10.1 Å². The van der Waals surface area contributed by atoms with Gasteiger partial charge in [0.2, 0.25) is 0 Å². The van der Waals surface area contributed by atoms with Crippen LogP contribution in [0.15, 0.2) is 48.5 Å². The van der Waals surface area contributed by atoms with Crippen molar-refractivity contribution in [3.63, 3.8) is 0 Å². The Kier molecular flexibility index (Phi) is 3.96. The molecule has 0 fully saturated rings. The van der Waals surface area contributed by atoms with E-state index in [4.69, 9.17) is 4.74 Å². The predicted molar refractivity (Wildman–Crippen MR) is 79.1 cm³/mol. The molecule has 0 amide bonds. The van der Waals surface area contributed by atoms with E-state index >= 15 is 0 Å². The van der Waals surface area contributed by atoms with E-state index in [1.807, 2.05) is 24.3 Å². The summed E-state index contributed by atoms with van der Waals surface area (Å²) in [5.41, 5.74) is 1.25. The Morgan fingerprint density at radius 1 is 1.05 bits per heavy atom. The van der Waals surface area contributed by atoms with E-state index in [1.165, 1.54) is 0 Å².